The van der Waals surface area contributed by atoms with Gasteiger partial charge in [0.2, 0.25) is 0 Å². The molecule has 19 heavy (non-hydrogen) atoms. The van der Waals surface area contributed by atoms with Crippen LogP contribution in [0.1, 0.15) is 34.6 Å². The topological polar surface area (TPSA) is 64.6 Å². The van der Waals surface area contributed by atoms with Crippen LogP contribution >= 0.6 is 0 Å². The van der Waals surface area contributed by atoms with Crippen molar-refractivity contribution in [3.8, 4) is 0 Å². The normalized spacial score (nSPS) is 21.9. The molecule has 0 aliphatic carbocycles. The minimum absolute atomic E-state index is 0.180. The highest BCUT2D eigenvalue weighted by Gasteiger charge is 2.34. The van der Waals surface area contributed by atoms with Crippen molar-refractivity contribution < 1.29 is 19.1 Å². The second kappa shape index (κ2) is 5.91. The molecular weight excluding hydrogens is 246 g/mol. The van der Waals surface area contributed by atoms with Crippen molar-refractivity contribution >= 4 is 11.9 Å². The lowest BCUT2D eigenvalue weighted by molar-refractivity contribution is -0.152. The molecule has 5 heteroatoms. The molecule has 5 nitrogen and oxygen atoms in total. The number of hydrogen-bond acceptors (Lipinski definition) is 5. The first-order valence-corrected chi connectivity index (χ1v) is 6.34. The second-order valence-electron chi connectivity index (χ2n) is 5.19. The average Bonchev–Trinajstić information content (AvgIpc) is 2.27. The van der Waals surface area contributed by atoms with E-state index >= 15 is 0 Å². The first-order valence-electron chi connectivity index (χ1n) is 6.34. The molecule has 1 heterocycles. The lowest BCUT2D eigenvalue weighted by atomic mass is 9.98. The maximum absolute atomic E-state index is 11.9. The summed E-state index contributed by atoms with van der Waals surface area (Å²) in [6, 6.07) is 0. The molecule has 1 N–H and O–H groups in total. The molecule has 0 spiro atoms. The van der Waals surface area contributed by atoms with E-state index in [0.29, 0.717) is 5.57 Å². The molecular formula is C14H21NO4. The molecule has 106 valence electrons. The van der Waals surface area contributed by atoms with Crippen LogP contribution in [-0.4, -0.2) is 29.7 Å². The summed E-state index contributed by atoms with van der Waals surface area (Å²) in [5.41, 5.74) is -0.574. The smallest absolute Gasteiger partial charge is 0.339 e. The molecule has 0 saturated carbocycles. The molecule has 0 fully saturated rings. The minimum atomic E-state index is -0.952. The van der Waals surface area contributed by atoms with Gasteiger partial charge in [-0.25, -0.2) is 9.59 Å². The number of rotatable bonds is 4. The van der Waals surface area contributed by atoms with Crippen LogP contribution in [0.3, 0.4) is 0 Å². The van der Waals surface area contributed by atoms with Gasteiger partial charge in [0, 0.05) is 6.20 Å². The van der Waals surface area contributed by atoms with Gasteiger partial charge in [0.15, 0.2) is 5.54 Å². The largest absolute Gasteiger partial charge is 0.461 e. The molecule has 0 radical (unpaired) electrons. The van der Waals surface area contributed by atoms with E-state index in [-0.39, 0.29) is 18.2 Å². The maximum Gasteiger partial charge on any atom is 0.339 e. The first kappa shape index (κ1) is 15.3. The lowest BCUT2D eigenvalue weighted by Gasteiger charge is -2.28. The van der Waals surface area contributed by atoms with Gasteiger partial charge in [0.1, 0.15) is 0 Å². The van der Waals surface area contributed by atoms with E-state index < -0.39 is 11.5 Å². The molecule has 0 aromatic carbocycles. The molecule has 0 unspecified atom stereocenters. The van der Waals surface area contributed by atoms with E-state index in [2.05, 4.69) is 5.32 Å². The standard InChI is InChI=1S/C14H21NO4/c1-9(2)18-12(16)11-6-7-14(5,15-8-11)13(17)19-10(3)4/h6-10,15H,1-5H3/t14-/m0/s1. The van der Waals surface area contributed by atoms with Crippen LogP contribution < -0.4 is 5.32 Å². The van der Waals surface area contributed by atoms with E-state index in [1.165, 1.54) is 6.20 Å². The molecule has 0 amide bonds. The van der Waals surface area contributed by atoms with Crippen LogP contribution in [0.5, 0.6) is 0 Å². The van der Waals surface area contributed by atoms with Crippen molar-refractivity contribution in [1.29, 1.82) is 0 Å². The number of hydrogen-bond donors (Lipinski definition) is 1. The van der Waals surface area contributed by atoms with Crippen LogP contribution in [0.2, 0.25) is 0 Å². The molecule has 1 aliphatic rings. The van der Waals surface area contributed by atoms with E-state index in [4.69, 9.17) is 9.47 Å². The van der Waals surface area contributed by atoms with E-state index in [0.717, 1.165) is 0 Å². The Bertz CT molecular complexity index is 423. The zero-order chi connectivity index (χ0) is 14.6. The fraction of sp³-hybridized carbons (Fsp3) is 0.571. The van der Waals surface area contributed by atoms with Crippen LogP contribution in [0.4, 0.5) is 0 Å². The van der Waals surface area contributed by atoms with Crippen LogP contribution in [-0.2, 0) is 19.1 Å². The molecule has 1 atom stereocenters. The van der Waals surface area contributed by atoms with Crippen molar-refractivity contribution in [2.45, 2.75) is 52.4 Å². The third kappa shape index (κ3) is 4.12. The Kier molecular flexibility index (Phi) is 4.75. The molecule has 0 bridgehead atoms. The highest BCUT2D eigenvalue weighted by molar-refractivity contribution is 5.93. The summed E-state index contributed by atoms with van der Waals surface area (Å²) < 4.78 is 10.2. The van der Waals surface area contributed by atoms with Crippen LogP contribution in [0.25, 0.3) is 0 Å². The lowest BCUT2D eigenvalue weighted by Crippen LogP contribution is -2.48. The Morgan fingerprint density at radius 3 is 2.16 bits per heavy atom. The van der Waals surface area contributed by atoms with Gasteiger partial charge in [-0.15, -0.1) is 0 Å². The van der Waals surface area contributed by atoms with Crippen molar-refractivity contribution in [1.82, 2.24) is 5.32 Å². The second-order valence-corrected chi connectivity index (χ2v) is 5.19. The molecule has 0 saturated heterocycles. The summed E-state index contributed by atoms with van der Waals surface area (Å²) in [5.74, 6) is -0.802. The van der Waals surface area contributed by atoms with Crippen molar-refractivity contribution in [2.24, 2.45) is 0 Å². The summed E-state index contributed by atoms with van der Waals surface area (Å²) in [5, 5.41) is 2.88. The monoisotopic (exact) mass is 267 g/mol. The highest BCUT2D eigenvalue weighted by atomic mass is 16.5. The number of esters is 2. The van der Waals surface area contributed by atoms with Gasteiger partial charge in [-0.3, -0.25) is 0 Å². The SMILES string of the molecule is CC(C)OC(=O)C1=CN[C@](C)(C(=O)OC(C)C)C=C1. The Hall–Kier alpha value is -1.78. The quantitative estimate of drug-likeness (QED) is 0.785. The van der Waals surface area contributed by atoms with Crippen molar-refractivity contribution in [2.75, 3.05) is 0 Å². The fourth-order valence-electron chi connectivity index (χ4n) is 1.45. The van der Waals surface area contributed by atoms with E-state index in [1.54, 1.807) is 46.8 Å². The first-order chi connectivity index (χ1) is 8.74. The zero-order valence-corrected chi connectivity index (χ0v) is 12.0. The minimum Gasteiger partial charge on any atom is -0.461 e. The summed E-state index contributed by atoms with van der Waals surface area (Å²) in [6.07, 6.45) is 4.29. The van der Waals surface area contributed by atoms with Gasteiger partial charge in [0.05, 0.1) is 17.8 Å². The summed E-state index contributed by atoms with van der Waals surface area (Å²) >= 11 is 0. The summed E-state index contributed by atoms with van der Waals surface area (Å²) in [4.78, 5) is 23.6. The summed E-state index contributed by atoms with van der Waals surface area (Å²) in [6.45, 7) is 8.82. The van der Waals surface area contributed by atoms with Crippen LogP contribution in [0, 0.1) is 0 Å². The number of nitrogens with one attached hydrogen (secondary N) is 1. The summed E-state index contributed by atoms with van der Waals surface area (Å²) in [7, 11) is 0. The Morgan fingerprint density at radius 1 is 1.16 bits per heavy atom. The number of carbonyl (C=O) groups is 2. The predicted molar refractivity (Wildman–Crippen MR) is 71.2 cm³/mol. The van der Waals surface area contributed by atoms with Gasteiger partial charge in [-0.05, 0) is 46.8 Å². The fourth-order valence-corrected chi connectivity index (χ4v) is 1.45. The third-order valence-corrected chi connectivity index (χ3v) is 2.47. The third-order valence-electron chi connectivity index (χ3n) is 2.47. The van der Waals surface area contributed by atoms with E-state index in [1.807, 2.05) is 0 Å². The van der Waals surface area contributed by atoms with Gasteiger partial charge in [-0.2, -0.15) is 0 Å². The van der Waals surface area contributed by atoms with Gasteiger partial charge in [-0.1, -0.05) is 0 Å². The molecule has 1 aliphatic heterocycles. The zero-order valence-electron chi connectivity index (χ0n) is 12.0. The maximum atomic E-state index is 11.9. The van der Waals surface area contributed by atoms with Crippen LogP contribution in [0.15, 0.2) is 23.9 Å². The number of ether oxygens (including phenoxy) is 2. The average molecular weight is 267 g/mol. The van der Waals surface area contributed by atoms with Gasteiger partial charge in [0.25, 0.3) is 0 Å². The highest BCUT2D eigenvalue weighted by Crippen LogP contribution is 2.17. The van der Waals surface area contributed by atoms with Crippen molar-refractivity contribution in [3.05, 3.63) is 23.9 Å². The Morgan fingerprint density at radius 2 is 1.74 bits per heavy atom. The molecule has 1 rings (SSSR count). The molecule has 0 aromatic rings. The molecule has 0 aromatic heterocycles. The number of dihydropyridines is 1. The Balaban J connectivity index is 2.70. The number of carbonyl (C=O) groups excluding carboxylic acids is 2. The van der Waals surface area contributed by atoms with E-state index in [9.17, 15) is 9.59 Å². The predicted octanol–water partition coefficient (Wildman–Crippen LogP) is 1.69. The van der Waals surface area contributed by atoms with Gasteiger partial charge < -0.3 is 14.8 Å². The van der Waals surface area contributed by atoms with Gasteiger partial charge >= 0.3 is 11.9 Å². The Labute approximate surface area is 113 Å². The van der Waals surface area contributed by atoms with Crippen molar-refractivity contribution in [3.63, 3.8) is 0 Å².